The molecule has 100 valence electrons. The minimum Gasteiger partial charge on any atom is -0.425 e. The molecule has 0 bridgehead atoms. The first-order chi connectivity index (χ1) is 7.83. The molecule has 1 aliphatic heterocycles. The smallest absolute Gasteiger partial charge is 0.340 e. The van der Waals surface area contributed by atoms with E-state index in [2.05, 4.69) is 0 Å². The third kappa shape index (κ3) is 2.30. The number of hydrogen-bond acceptors (Lipinski definition) is 6. The van der Waals surface area contributed by atoms with E-state index in [1.54, 1.807) is 20.8 Å². The fraction of sp³-hybridized carbons (Fsp3) is 0.909. The lowest BCUT2D eigenvalue weighted by atomic mass is 10.0. The van der Waals surface area contributed by atoms with Gasteiger partial charge >= 0.3 is 5.97 Å². The zero-order chi connectivity index (χ0) is 13.3. The van der Waals surface area contributed by atoms with Gasteiger partial charge in [-0.2, -0.15) is 0 Å². The Kier molecular flexibility index (Phi) is 4.14. The average Bonchev–Trinajstić information content (AvgIpc) is 2.32. The van der Waals surface area contributed by atoms with E-state index < -0.39 is 29.8 Å². The highest BCUT2D eigenvalue weighted by Crippen LogP contribution is 2.37. The Hall–Kier alpha value is -0.690. The molecule has 0 aromatic rings. The van der Waals surface area contributed by atoms with E-state index in [-0.39, 0.29) is 0 Å². The number of aliphatic hydroxyl groups excluding tert-OH is 1. The highest BCUT2D eigenvalue weighted by molar-refractivity contribution is 5.76. The van der Waals surface area contributed by atoms with Gasteiger partial charge in [0.15, 0.2) is 6.10 Å². The fourth-order valence-electron chi connectivity index (χ4n) is 1.65. The molecule has 0 spiro atoms. The molecule has 0 radical (unpaired) electrons. The molecule has 6 nitrogen and oxygen atoms in total. The number of cyclic esters (lactones) is 1. The van der Waals surface area contributed by atoms with Crippen LogP contribution >= 0.6 is 0 Å². The van der Waals surface area contributed by atoms with Gasteiger partial charge in [-0.1, -0.05) is 6.92 Å². The summed E-state index contributed by atoms with van der Waals surface area (Å²) in [7, 11) is 2.82. The molecule has 0 aliphatic carbocycles. The molecule has 1 heterocycles. The highest BCUT2D eigenvalue weighted by atomic mass is 16.8. The Balaban J connectivity index is 2.99. The van der Waals surface area contributed by atoms with Gasteiger partial charge in [0, 0.05) is 21.1 Å². The van der Waals surface area contributed by atoms with Crippen molar-refractivity contribution in [2.45, 2.75) is 51.0 Å². The Bertz CT molecular complexity index is 294. The molecule has 0 amide bonds. The van der Waals surface area contributed by atoms with Crippen LogP contribution in [-0.4, -0.2) is 49.1 Å². The van der Waals surface area contributed by atoms with Crippen molar-refractivity contribution in [3.63, 3.8) is 0 Å². The molecular weight excluding hydrogens is 228 g/mol. The number of ether oxygens (including phenoxy) is 4. The lowest BCUT2D eigenvalue weighted by molar-refractivity contribution is -0.410. The van der Waals surface area contributed by atoms with Crippen LogP contribution in [-0.2, 0) is 23.7 Å². The molecular formula is C11H20O6. The summed E-state index contributed by atoms with van der Waals surface area (Å²) in [6, 6.07) is 0. The van der Waals surface area contributed by atoms with Gasteiger partial charge in [0.1, 0.15) is 0 Å². The summed E-state index contributed by atoms with van der Waals surface area (Å²) < 4.78 is 21.1. The molecule has 1 N–H and O–H groups in total. The van der Waals surface area contributed by atoms with E-state index in [9.17, 15) is 9.90 Å². The van der Waals surface area contributed by atoms with Gasteiger partial charge in [-0.15, -0.1) is 0 Å². The van der Waals surface area contributed by atoms with Crippen molar-refractivity contribution in [2.75, 3.05) is 14.2 Å². The van der Waals surface area contributed by atoms with Crippen molar-refractivity contribution in [2.24, 2.45) is 0 Å². The van der Waals surface area contributed by atoms with Crippen LogP contribution in [0, 0.1) is 0 Å². The van der Waals surface area contributed by atoms with Crippen molar-refractivity contribution in [3.05, 3.63) is 0 Å². The normalized spacial score (nSPS) is 39.9. The third-order valence-corrected chi connectivity index (χ3v) is 3.25. The Morgan fingerprint density at radius 1 is 1.35 bits per heavy atom. The zero-order valence-electron chi connectivity index (χ0n) is 10.9. The van der Waals surface area contributed by atoms with Crippen LogP contribution in [0.25, 0.3) is 0 Å². The van der Waals surface area contributed by atoms with E-state index in [4.69, 9.17) is 18.9 Å². The van der Waals surface area contributed by atoms with Crippen molar-refractivity contribution in [3.8, 4) is 0 Å². The molecule has 17 heavy (non-hydrogen) atoms. The summed E-state index contributed by atoms with van der Waals surface area (Å²) in [6.45, 7) is 4.89. The quantitative estimate of drug-likeness (QED) is 0.727. The average molecular weight is 248 g/mol. The van der Waals surface area contributed by atoms with Crippen LogP contribution in [0.15, 0.2) is 0 Å². The summed E-state index contributed by atoms with van der Waals surface area (Å²) in [6.07, 6.45) is -1.62. The van der Waals surface area contributed by atoms with Gasteiger partial charge < -0.3 is 24.1 Å². The summed E-state index contributed by atoms with van der Waals surface area (Å²) in [4.78, 5) is 11.7. The molecule has 0 aromatic heterocycles. The van der Waals surface area contributed by atoms with E-state index in [1.165, 1.54) is 14.2 Å². The summed E-state index contributed by atoms with van der Waals surface area (Å²) in [5.41, 5.74) is 0. The van der Waals surface area contributed by atoms with Crippen LogP contribution < -0.4 is 0 Å². The van der Waals surface area contributed by atoms with Crippen LogP contribution in [0.2, 0.25) is 0 Å². The monoisotopic (exact) mass is 248 g/mol. The zero-order valence-corrected chi connectivity index (χ0v) is 10.9. The molecule has 6 heteroatoms. The van der Waals surface area contributed by atoms with Gasteiger partial charge in [0.25, 0.3) is 5.79 Å². The van der Waals surface area contributed by atoms with Crippen molar-refractivity contribution < 1.29 is 28.8 Å². The fourth-order valence-corrected chi connectivity index (χ4v) is 1.65. The molecule has 1 saturated heterocycles. The largest absolute Gasteiger partial charge is 0.425 e. The van der Waals surface area contributed by atoms with E-state index in [0.717, 1.165) is 0 Å². The second-order valence-electron chi connectivity index (χ2n) is 4.23. The van der Waals surface area contributed by atoms with E-state index in [1.807, 2.05) is 0 Å². The van der Waals surface area contributed by atoms with Crippen molar-refractivity contribution >= 4 is 5.97 Å². The molecule has 0 saturated carbocycles. The third-order valence-electron chi connectivity index (χ3n) is 3.25. The minimum absolute atomic E-state index is 0.378. The number of carbonyl (C=O) groups excluding carboxylic acids is 1. The van der Waals surface area contributed by atoms with Crippen molar-refractivity contribution in [1.29, 1.82) is 0 Å². The maximum atomic E-state index is 11.7. The minimum atomic E-state index is -1.34. The first-order valence-corrected chi connectivity index (χ1v) is 5.52. The number of esters is 1. The van der Waals surface area contributed by atoms with E-state index >= 15 is 0 Å². The SMILES string of the molecule is CC[C@H](O)[C@H]1O[C@](C)(OC)[C@@](C)(OC)OC1=O. The van der Waals surface area contributed by atoms with Gasteiger partial charge in [0.2, 0.25) is 5.79 Å². The van der Waals surface area contributed by atoms with E-state index in [0.29, 0.717) is 6.42 Å². The van der Waals surface area contributed by atoms with Crippen LogP contribution in [0.4, 0.5) is 0 Å². The number of aliphatic hydroxyl groups is 1. The Morgan fingerprint density at radius 2 is 1.88 bits per heavy atom. The molecule has 0 aromatic carbocycles. The summed E-state index contributed by atoms with van der Waals surface area (Å²) >= 11 is 0. The summed E-state index contributed by atoms with van der Waals surface area (Å²) in [5.74, 6) is -3.27. The van der Waals surface area contributed by atoms with Crippen LogP contribution in [0.5, 0.6) is 0 Å². The maximum Gasteiger partial charge on any atom is 0.340 e. The Morgan fingerprint density at radius 3 is 2.29 bits per heavy atom. The topological polar surface area (TPSA) is 74.2 Å². The first kappa shape index (κ1) is 14.4. The number of hydrogen-bond donors (Lipinski definition) is 1. The summed E-state index contributed by atoms with van der Waals surface area (Å²) in [5, 5.41) is 9.70. The number of rotatable bonds is 4. The molecule has 1 fully saturated rings. The predicted octanol–water partition coefficient (Wildman–Crippen LogP) is 0.424. The molecule has 1 aliphatic rings. The highest BCUT2D eigenvalue weighted by Gasteiger charge is 2.58. The molecule has 4 atom stereocenters. The van der Waals surface area contributed by atoms with Gasteiger partial charge in [-0.25, -0.2) is 4.79 Å². The lowest BCUT2D eigenvalue weighted by Gasteiger charge is -2.48. The van der Waals surface area contributed by atoms with Crippen LogP contribution in [0.3, 0.4) is 0 Å². The standard InChI is InChI=1S/C11H20O6/c1-6-7(12)8-9(13)17-11(3,15-5)10(2,14-4)16-8/h7-8,12H,6H2,1-5H3/t7-,8+,10-,11-/m0/s1. The molecule has 0 unspecified atom stereocenters. The Labute approximate surface area is 101 Å². The van der Waals surface area contributed by atoms with Crippen LogP contribution in [0.1, 0.15) is 27.2 Å². The van der Waals surface area contributed by atoms with Gasteiger partial charge in [0.05, 0.1) is 6.10 Å². The molecule has 1 rings (SSSR count). The van der Waals surface area contributed by atoms with Crippen molar-refractivity contribution in [1.82, 2.24) is 0 Å². The lowest BCUT2D eigenvalue weighted by Crippen LogP contribution is -2.65. The number of methoxy groups -OCH3 is 2. The van der Waals surface area contributed by atoms with Gasteiger partial charge in [-0.05, 0) is 13.3 Å². The first-order valence-electron chi connectivity index (χ1n) is 5.52. The second kappa shape index (κ2) is 4.89. The maximum absolute atomic E-state index is 11.7. The predicted molar refractivity (Wildman–Crippen MR) is 58.1 cm³/mol. The second-order valence-corrected chi connectivity index (χ2v) is 4.23. The number of carbonyl (C=O) groups is 1. The van der Waals surface area contributed by atoms with Gasteiger partial charge in [-0.3, -0.25) is 0 Å².